The maximum atomic E-state index is 14.5. The van der Waals surface area contributed by atoms with Gasteiger partial charge in [0, 0.05) is 12.1 Å². The summed E-state index contributed by atoms with van der Waals surface area (Å²) < 4.78 is 63.1. The first-order valence-corrected chi connectivity index (χ1v) is 9.75. The van der Waals surface area contributed by atoms with Crippen LogP contribution in [0.2, 0.25) is 0 Å². The van der Waals surface area contributed by atoms with Crippen molar-refractivity contribution in [2.24, 2.45) is 5.73 Å². The van der Waals surface area contributed by atoms with Crippen molar-refractivity contribution >= 4 is 5.96 Å². The van der Waals surface area contributed by atoms with Crippen molar-refractivity contribution in [1.29, 1.82) is 5.41 Å². The highest BCUT2D eigenvalue weighted by molar-refractivity contribution is 5.75. The van der Waals surface area contributed by atoms with Gasteiger partial charge in [-0.15, -0.1) is 0 Å². The van der Waals surface area contributed by atoms with Crippen LogP contribution in [0.4, 0.5) is 17.6 Å². The maximum absolute atomic E-state index is 14.5. The fourth-order valence-corrected chi connectivity index (χ4v) is 3.51. The van der Waals surface area contributed by atoms with E-state index in [2.05, 4.69) is 10.1 Å². The van der Waals surface area contributed by atoms with E-state index in [1.165, 1.54) is 24.3 Å². The standard InChI is InChI=1S/C21H19F4N5O2/c22-15-10-13(18-28-19(32-29-18)16-2-1-9-30(16)20(26)27)5-8-17(15)31-11-12-3-6-14(7-4-12)21(23,24)25/h3-8,10,16H,1-2,9,11H2,(H3,26,27)/t16-/m0/s1. The van der Waals surface area contributed by atoms with Crippen molar-refractivity contribution in [3.8, 4) is 17.1 Å². The van der Waals surface area contributed by atoms with Crippen molar-refractivity contribution < 1.29 is 26.8 Å². The lowest BCUT2D eigenvalue weighted by Crippen LogP contribution is -2.35. The van der Waals surface area contributed by atoms with Crippen LogP contribution in [-0.4, -0.2) is 27.5 Å². The zero-order valence-corrected chi connectivity index (χ0v) is 16.7. The van der Waals surface area contributed by atoms with Gasteiger partial charge in [0.2, 0.25) is 11.7 Å². The smallest absolute Gasteiger partial charge is 0.416 e. The summed E-state index contributed by atoms with van der Waals surface area (Å²) in [5.74, 6) is -0.324. The van der Waals surface area contributed by atoms with Gasteiger partial charge in [0.15, 0.2) is 17.5 Å². The van der Waals surface area contributed by atoms with E-state index in [1.54, 1.807) is 11.0 Å². The van der Waals surface area contributed by atoms with Gasteiger partial charge in [-0.05, 0) is 48.7 Å². The predicted molar refractivity (Wildman–Crippen MR) is 106 cm³/mol. The molecule has 1 saturated heterocycles. The van der Waals surface area contributed by atoms with Gasteiger partial charge in [-0.1, -0.05) is 17.3 Å². The van der Waals surface area contributed by atoms with E-state index in [-0.39, 0.29) is 30.2 Å². The third kappa shape index (κ3) is 4.51. The Labute approximate surface area is 180 Å². The molecule has 1 aromatic heterocycles. The van der Waals surface area contributed by atoms with Gasteiger partial charge in [0.1, 0.15) is 12.6 Å². The number of guanidine groups is 1. The van der Waals surface area contributed by atoms with Crippen LogP contribution in [0.3, 0.4) is 0 Å². The molecule has 4 rings (SSSR count). The summed E-state index contributed by atoms with van der Waals surface area (Å²) in [4.78, 5) is 5.98. The molecule has 11 heteroatoms. The van der Waals surface area contributed by atoms with Gasteiger partial charge in [-0.3, -0.25) is 5.41 Å². The molecule has 168 valence electrons. The van der Waals surface area contributed by atoms with E-state index in [0.29, 0.717) is 30.0 Å². The molecule has 32 heavy (non-hydrogen) atoms. The highest BCUT2D eigenvalue weighted by Crippen LogP contribution is 2.32. The van der Waals surface area contributed by atoms with Crippen LogP contribution >= 0.6 is 0 Å². The SMILES string of the molecule is N=C(N)N1CCC[C@H]1c1nc(-c2ccc(OCc3ccc(C(F)(F)F)cc3)c(F)c2)no1. The highest BCUT2D eigenvalue weighted by atomic mass is 19.4. The fraction of sp³-hybridized carbons (Fsp3) is 0.286. The Morgan fingerprint density at radius 1 is 1.22 bits per heavy atom. The normalized spacial score (nSPS) is 16.4. The number of nitrogens with one attached hydrogen (secondary N) is 1. The molecule has 3 aromatic rings. The number of nitrogens with two attached hydrogens (primary N) is 1. The molecule has 2 aromatic carbocycles. The molecule has 7 nitrogen and oxygen atoms in total. The van der Waals surface area contributed by atoms with Crippen LogP contribution < -0.4 is 10.5 Å². The van der Waals surface area contributed by atoms with E-state index in [1.807, 2.05) is 0 Å². The molecule has 0 spiro atoms. The Hall–Kier alpha value is -3.63. The lowest BCUT2D eigenvalue weighted by atomic mass is 10.1. The molecule has 0 unspecified atom stereocenters. The molecule has 0 bridgehead atoms. The second-order valence-electron chi connectivity index (χ2n) is 7.32. The number of nitrogens with zero attached hydrogens (tertiary/aromatic N) is 3. The third-order valence-electron chi connectivity index (χ3n) is 5.15. The summed E-state index contributed by atoms with van der Waals surface area (Å²) in [5.41, 5.74) is 5.65. The van der Waals surface area contributed by atoms with Crippen molar-refractivity contribution in [1.82, 2.24) is 15.0 Å². The third-order valence-corrected chi connectivity index (χ3v) is 5.15. The number of rotatable bonds is 5. The van der Waals surface area contributed by atoms with E-state index in [0.717, 1.165) is 18.6 Å². The molecule has 1 fully saturated rings. The van der Waals surface area contributed by atoms with Crippen molar-refractivity contribution in [3.63, 3.8) is 0 Å². The number of halogens is 4. The summed E-state index contributed by atoms with van der Waals surface area (Å²) in [6.07, 6.45) is -2.87. The van der Waals surface area contributed by atoms with Gasteiger partial charge in [-0.2, -0.15) is 18.2 Å². The Morgan fingerprint density at radius 2 is 1.97 bits per heavy atom. The first kappa shape index (κ1) is 21.6. The molecule has 0 radical (unpaired) electrons. The molecule has 0 saturated carbocycles. The lowest BCUT2D eigenvalue weighted by Gasteiger charge is -2.21. The van der Waals surface area contributed by atoms with Crippen molar-refractivity contribution in [2.45, 2.75) is 31.7 Å². The molecular formula is C21H19F4N5O2. The number of ether oxygens (including phenoxy) is 1. The Morgan fingerprint density at radius 3 is 2.62 bits per heavy atom. The average Bonchev–Trinajstić information content (AvgIpc) is 3.42. The monoisotopic (exact) mass is 449 g/mol. The second-order valence-corrected chi connectivity index (χ2v) is 7.32. The summed E-state index contributed by atoms with van der Waals surface area (Å²) >= 11 is 0. The molecule has 1 aliphatic heterocycles. The van der Waals surface area contributed by atoms with Crippen LogP contribution in [-0.2, 0) is 12.8 Å². The Kier molecular flexibility index (Phi) is 5.72. The van der Waals surface area contributed by atoms with E-state index >= 15 is 0 Å². The van der Waals surface area contributed by atoms with E-state index in [4.69, 9.17) is 20.4 Å². The molecular weight excluding hydrogens is 430 g/mol. The first-order chi connectivity index (χ1) is 15.2. The lowest BCUT2D eigenvalue weighted by molar-refractivity contribution is -0.137. The predicted octanol–water partition coefficient (Wildman–Crippen LogP) is 4.50. The van der Waals surface area contributed by atoms with E-state index in [9.17, 15) is 17.6 Å². The zero-order valence-electron chi connectivity index (χ0n) is 16.7. The van der Waals surface area contributed by atoms with Gasteiger partial charge >= 0.3 is 6.18 Å². The highest BCUT2D eigenvalue weighted by Gasteiger charge is 2.32. The topological polar surface area (TPSA) is 101 Å². The molecule has 0 amide bonds. The van der Waals surface area contributed by atoms with E-state index < -0.39 is 17.6 Å². The van der Waals surface area contributed by atoms with Crippen molar-refractivity contribution in [2.75, 3.05) is 6.54 Å². The van der Waals surface area contributed by atoms with Gasteiger partial charge in [0.25, 0.3) is 0 Å². The van der Waals surface area contributed by atoms with Gasteiger partial charge < -0.3 is 19.9 Å². The van der Waals surface area contributed by atoms with Crippen LogP contribution in [0.25, 0.3) is 11.4 Å². The second kappa shape index (κ2) is 8.48. The minimum atomic E-state index is -4.42. The molecule has 0 aliphatic carbocycles. The number of hydrogen-bond donors (Lipinski definition) is 2. The zero-order chi connectivity index (χ0) is 22.9. The summed E-state index contributed by atoms with van der Waals surface area (Å²) in [7, 11) is 0. The summed E-state index contributed by atoms with van der Waals surface area (Å²) in [6.45, 7) is 0.528. The van der Waals surface area contributed by atoms with Gasteiger partial charge in [0.05, 0.1) is 5.56 Å². The quantitative estimate of drug-likeness (QED) is 0.338. The van der Waals surface area contributed by atoms with Crippen LogP contribution in [0.15, 0.2) is 47.0 Å². The maximum Gasteiger partial charge on any atom is 0.416 e. The van der Waals surface area contributed by atoms with Crippen LogP contribution in [0, 0.1) is 11.2 Å². The van der Waals surface area contributed by atoms with Crippen LogP contribution in [0.1, 0.15) is 35.9 Å². The number of alkyl halides is 3. The number of aromatic nitrogens is 2. The number of likely N-dealkylation sites (tertiary alicyclic amines) is 1. The first-order valence-electron chi connectivity index (χ1n) is 9.75. The average molecular weight is 449 g/mol. The fourth-order valence-electron chi connectivity index (χ4n) is 3.51. The minimum Gasteiger partial charge on any atom is -0.486 e. The minimum absolute atomic E-state index is 0.0593. The Bertz CT molecular complexity index is 1110. The van der Waals surface area contributed by atoms with Crippen LogP contribution in [0.5, 0.6) is 5.75 Å². The summed E-state index contributed by atoms with van der Waals surface area (Å²) in [5, 5.41) is 11.5. The van der Waals surface area contributed by atoms with Gasteiger partial charge in [-0.25, -0.2) is 4.39 Å². The molecule has 1 atom stereocenters. The summed E-state index contributed by atoms with van der Waals surface area (Å²) in [6, 6.07) is 8.30. The Balaban J connectivity index is 1.44. The number of hydrogen-bond acceptors (Lipinski definition) is 5. The molecule has 3 N–H and O–H groups in total. The molecule has 1 aliphatic rings. The molecule has 2 heterocycles. The number of benzene rings is 2. The van der Waals surface area contributed by atoms with Crippen molar-refractivity contribution in [3.05, 3.63) is 65.3 Å². The largest absolute Gasteiger partial charge is 0.486 e.